The molecule has 2 heterocycles. The average molecular weight is 286 g/mol. The lowest BCUT2D eigenvalue weighted by Crippen LogP contribution is -2.32. The van der Waals surface area contributed by atoms with Gasteiger partial charge in [-0.15, -0.1) is 0 Å². The van der Waals surface area contributed by atoms with E-state index in [2.05, 4.69) is 6.92 Å². The lowest BCUT2D eigenvalue weighted by Gasteiger charge is -2.25. The van der Waals surface area contributed by atoms with Gasteiger partial charge in [-0.1, -0.05) is 26.2 Å². The first-order valence-electron chi connectivity index (χ1n) is 7.54. The van der Waals surface area contributed by atoms with Gasteiger partial charge in [0.2, 0.25) is 0 Å². The topological polar surface area (TPSA) is 54.0 Å². The van der Waals surface area contributed by atoms with E-state index in [1.807, 2.05) is 13.8 Å². The number of carbonyl (C=O) groups excluding carboxylic acids is 1. The molecular weight excluding hydrogens is 260 g/mol. The minimum absolute atomic E-state index is 0.0195. The molecule has 2 rings (SSSR count). The fraction of sp³-hybridized carbons (Fsp3) is 0.933. The summed E-state index contributed by atoms with van der Waals surface area (Å²) >= 11 is 0. The van der Waals surface area contributed by atoms with Gasteiger partial charge >= 0.3 is 5.97 Å². The molecule has 0 aromatic carbocycles. The van der Waals surface area contributed by atoms with E-state index in [4.69, 9.17) is 18.9 Å². The highest BCUT2D eigenvalue weighted by molar-refractivity contribution is 5.69. The molecule has 116 valence electrons. The highest BCUT2D eigenvalue weighted by Crippen LogP contribution is 2.43. The van der Waals surface area contributed by atoms with E-state index in [0.29, 0.717) is 6.42 Å². The van der Waals surface area contributed by atoms with Crippen molar-refractivity contribution >= 4 is 5.97 Å². The second-order valence-electron chi connectivity index (χ2n) is 6.08. The number of rotatable bonds is 6. The molecule has 0 bridgehead atoms. The van der Waals surface area contributed by atoms with Crippen molar-refractivity contribution in [2.75, 3.05) is 7.11 Å². The van der Waals surface area contributed by atoms with Crippen LogP contribution >= 0.6 is 0 Å². The van der Waals surface area contributed by atoms with Crippen LogP contribution in [0.15, 0.2) is 0 Å². The van der Waals surface area contributed by atoms with Crippen LogP contribution in [0.3, 0.4) is 0 Å². The van der Waals surface area contributed by atoms with Gasteiger partial charge in [-0.05, 0) is 20.3 Å². The van der Waals surface area contributed by atoms with E-state index in [0.717, 1.165) is 12.8 Å². The van der Waals surface area contributed by atoms with Crippen molar-refractivity contribution in [3.63, 3.8) is 0 Å². The number of ether oxygens (including phenoxy) is 4. The van der Waals surface area contributed by atoms with Gasteiger partial charge in [0.1, 0.15) is 6.10 Å². The molecule has 0 aliphatic carbocycles. The highest BCUT2D eigenvalue weighted by Gasteiger charge is 2.54. The van der Waals surface area contributed by atoms with Crippen molar-refractivity contribution in [1.82, 2.24) is 0 Å². The van der Waals surface area contributed by atoms with Crippen LogP contribution in [0.25, 0.3) is 0 Å². The predicted octanol–water partition coefficient (Wildman–Crippen LogP) is 2.62. The van der Waals surface area contributed by atoms with Crippen molar-refractivity contribution in [3.05, 3.63) is 0 Å². The Kier molecular flexibility index (Phi) is 5.04. The molecule has 5 heteroatoms. The van der Waals surface area contributed by atoms with Crippen LogP contribution in [0.1, 0.15) is 52.9 Å². The summed E-state index contributed by atoms with van der Waals surface area (Å²) < 4.78 is 22.4. The van der Waals surface area contributed by atoms with E-state index in [9.17, 15) is 4.79 Å². The van der Waals surface area contributed by atoms with Crippen LogP contribution in [0.2, 0.25) is 0 Å². The van der Waals surface area contributed by atoms with Gasteiger partial charge in [0.25, 0.3) is 0 Å². The van der Waals surface area contributed by atoms with Crippen molar-refractivity contribution in [2.24, 2.45) is 5.92 Å². The first kappa shape index (κ1) is 15.7. The molecule has 4 atom stereocenters. The summed E-state index contributed by atoms with van der Waals surface area (Å²) in [7, 11) is 1.41. The Balaban J connectivity index is 2.00. The molecule has 2 saturated heterocycles. The zero-order valence-corrected chi connectivity index (χ0v) is 12.9. The molecule has 0 aromatic rings. The molecule has 2 aliphatic rings. The number of carbonyl (C=O) groups is 1. The van der Waals surface area contributed by atoms with Gasteiger partial charge in [0, 0.05) is 5.92 Å². The number of hydrogen-bond donors (Lipinski definition) is 0. The fourth-order valence-electron chi connectivity index (χ4n) is 3.04. The minimum atomic E-state index is -0.641. The number of hydrogen-bond acceptors (Lipinski definition) is 5. The molecule has 2 aliphatic heterocycles. The Labute approximate surface area is 120 Å². The van der Waals surface area contributed by atoms with Crippen molar-refractivity contribution in [2.45, 2.75) is 77.2 Å². The standard InChI is InChI=1S/C15H26O5/c1-5-6-7-8-11-10(9-12(16)17-4)13-14(18-11)20-15(2,3)19-13/h10-11,13-14H,5-9H2,1-4H3/t10-,11-,13-,14-/m1/s1. The summed E-state index contributed by atoms with van der Waals surface area (Å²) in [4.78, 5) is 11.6. The van der Waals surface area contributed by atoms with Gasteiger partial charge < -0.3 is 18.9 Å². The number of unbranched alkanes of at least 4 members (excludes halogenated alkanes) is 2. The average Bonchev–Trinajstić information content (AvgIpc) is 2.83. The SMILES string of the molecule is CCCCC[C@H]1O[C@@H]2OC(C)(C)O[C@@H]2[C@@H]1CC(=O)OC. The summed E-state index contributed by atoms with van der Waals surface area (Å²) in [6, 6.07) is 0. The third-order valence-electron chi connectivity index (χ3n) is 4.02. The van der Waals surface area contributed by atoms with Crippen molar-refractivity contribution in [1.29, 1.82) is 0 Å². The summed E-state index contributed by atoms with van der Waals surface area (Å²) in [6.45, 7) is 5.91. The molecule has 0 N–H and O–H groups in total. The third-order valence-corrected chi connectivity index (χ3v) is 4.02. The molecule has 5 nitrogen and oxygen atoms in total. The molecule has 0 unspecified atom stereocenters. The Morgan fingerprint density at radius 1 is 1.25 bits per heavy atom. The Bertz CT molecular complexity index is 341. The van der Waals surface area contributed by atoms with E-state index >= 15 is 0 Å². The Hall–Kier alpha value is -0.650. The second-order valence-corrected chi connectivity index (χ2v) is 6.08. The summed E-state index contributed by atoms with van der Waals surface area (Å²) in [5.74, 6) is -0.836. The zero-order chi connectivity index (χ0) is 14.8. The largest absolute Gasteiger partial charge is 0.469 e. The number of methoxy groups -OCH3 is 1. The lowest BCUT2D eigenvalue weighted by atomic mass is 9.91. The molecule has 2 fully saturated rings. The number of esters is 1. The van der Waals surface area contributed by atoms with E-state index in [1.54, 1.807) is 0 Å². The quantitative estimate of drug-likeness (QED) is 0.555. The molecule has 0 aromatic heterocycles. The molecule has 0 amide bonds. The maximum Gasteiger partial charge on any atom is 0.305 e. The van der Waals surface area contributed by atoms with Crippen LogP contribution in [-0.4, -0.2) is 37.4 Å². The lowest BCUT2D eigenvalue weighted by molar-refractivity contribution is -0.211. The van der Waals surface area contributed by atoms with Crippen LogP contribution in [-0.2, 0) is 23.7 Å². The first-order valence-corrected chi connectivity index (χ1v) is 7.54. The Morgan fingerprint density at radius 3 is 2.65 bits per heavy atom. The summed E-state index contributed by atoms with van der Waals surface area (Å²) in [5.41, 5.74) is 0. The molecular formula is C15H26O5. The predicted molar refractivity (Wildman–Crippen MR) is 73.0 cm³/mol. The first-order chi connectivity index (χ1) is 9.46. The maximum atomic E-state index is 11.6. The van der Waals surface area contributed by atoms with Gasteiger partial charge in [-0.3, -0.25) is 4.79 Å². The minimum Gasteiger partial charge on any atom is -0.469 e. The monoisotopic (exact) mass is 286 g/mol. The molecule has 0 saturated carbocycles. The Morgan fingerprint density at radius 2 is 2.00 bits per heavy atom. The van der Waals surface area contributed by atoms with Gasteiger partial charge in [-0.25, -0.2) is 0 Å². The fourth-order valence-corrected chi connectivity index (χ4v) is 3.04. The van der Waals surface area contributed by atoms with Gasteiger partial charge in [0.15, 0.2) is 12.1 Å². The third kappa shape index (κ3) is 3.51. The highest BCUT2D eigenvalue weighted by atomic mass is 16.8. The van der Waals surface area contributed by atoms with Crippen molar-refractivity contribution in [3.8, 4) is 0 Å². The van der Waals surface area contributed by atoms with Crippen LogP contribution in [0.4, 0.5) is 0 Å². The van der Waals surface area contributed by atoms with Crippen LogP contribution < -0.4 is 0 Å². The van der Waals surface area contributed by atoms with E-state index < -0.39 is 5.79 Å². The molecule has 20 heavy (non-hydrogen) atoms. The maximum absolute atomic E-state index is 11.6. The zero-order valence-electron chi connectivity index (χ0n) is 12.9. The summed E-state index contributed by atoms with van der Waals surface area (Å²) in [5, 5.41) is 0. The smallest absolute Gasteiger partial charge is 0.305 e. The van der Waals surface area contributed by atoms with E-state index in [1.165, 1.54) is 20.0 Å². The van der Waals surface area contributed by atoms with E-state index in [-0.39, 0.29) is 30.4 Å². The molecule has 0 spiro atoms. The van der Waals surface area contributed by atoms with Crippen molar-refractivity contribution < 1.29 is 23.7 Å². The molecule has 0 radical (unpaired) electrons. The second kappa shape index (κ2) is 6.41. The van der Waals surface area contributed by atoms with Gasteiger partial charge in [-0.2, -0.15) is 0 Å². The van der Waals surface area contributed by atoms with Crippen LogP contribution in [0.5, 0.6) is 0 Å². The normalized spacial score (nSPS) is 35.0. The summed E-state index contributed by atoms with van der Waals surface area (Å²) in [6.07, 6.45) is 4.20. The van der Waals surface area contributed by atoms with Gasteiger partial charge in [0.05, 0.1) is 19.6 Å². The number of fused-ring (bicyclic) bond motifs is 1. The van der Waals surface area contributed by atoms with Crippen LogP contribution in [0, 0.1) is 5.92 Å².